The number of aliphatic hydroxyl groups excluding tert-OH is 1. The van der Waals surface area contributed by atoms with Gasteiger partial charge in [-0.3, -0.25) is 0 Å². The van der Waals surface area contributed by atoms with E-state index in [-0.39, 0.29) is 18.2 Å². The first kappa shape index (κ1) is 19.1. The van der Waals surface area contributed by atoms with E-state index in [4.69, 9.17) is 4.74 Å². The van der Waals surface area contributed by atoms with Crippen molar-refractivity contribution in [3.8, 4) is 10.4 Å². The van der Waals surface area contributed by atoms with Gasteiger partial charge in [-0.2, -0.15) is 0 Å². The van der Waals surface area contributed by atoms with Gasteiger partial charge in [0, 0.05) is 40.8 Å². The number of hydrogen-bond acceptors (Lipinski definition) is 4. The van der Waals surface area contributed by atoms with Crippen LogP contribution in [0.1, 0.15) is 50.2 Å². The fourth-order valence-electron chi connectivity index (χ4n) is 5.39. The lowest BCUT2D eigenvalue weighted by Gasteiger charge is -2.45. The van der Waals surface area contributed by atoms with Crippen LogP contribution in [-0.2, 0) is 11.2 Å². The van der Waals surface area contributed by atoms with E-state index in [0.717, 1.165) is 25.9 Å². The zero-order chi connectivity index (χ0) is 20.0. The first-order valence-electron chi connectivity index (χ1n) is 10.9. The Morgan fingerprint density at radius 2 is 2.07 bits per heavy atom. The number of nitrogens with one attached hydrogen (secondary N) is 1. The molecule has 0 bridgehead atoms. The summed E-state index contributed by atoms with van der Waals surface area (Å²) in [6.07, 6.45) is 3.65. The average molecular weight is 408 g/mol. The third-order valence-electron chi connectivity index (χ3n) is 6.96. The smallest absolute Gasteiger partial charge is 0.0907 e. The van der Waals surface area contributed by atoms with Crippen molar-refractivity contribution in [2.75, 3.05) is 18.5 Å². The summed E-state index contributed by atoms with van der Waals surface area (Å²) in [6.45, 7) is 5.37. The number of anilines is 1. The molecule has 1 aromatic heterocycles. The highest BCUT2D eigenvalue weighted by atomic mass is 32.1. The van der Waals surface area contributed by atoms with Gasteiger partial charge in [-0.15, -0.1) is 11.3 Å². The van der Waals surface area contributed by atoms with Crippen LogP contribution in [0.3, 0.4) is 0 Å². The molecular weight excluding hydrogens is 378 g/mol. The molecule has 5 rings (SSSR count). The molecular formula is C25H29NO2S. The van der Waals surface area contributed by atoms with E-state index in [1.54, 1.807) is 0 Å². The van der Waals surface area contributed by atoms with Gasteiger partial charge in [0.1, 0.15) is 0 Å². The van der Waals surface area contributed by atoms with E-state index in [9.17, 15) is 5.11 Å². The maximum absolute atomic E-state index is 9.71. The Kier molecular flexibility index (Phi) is 4.89. The van der Waals surface area contributed by atoms with Gasteiger partial charge in [-0.25, -0.2) is 0 Å². The van der Waals surface area contributed by atoms with Crippen molar-refractivity contribution in [2.24, 2.45) is 0 Å². The summed E-state index contributed by atoms with van der Waals surface area (Å²) in [5, 5.41) is 14.9. The first-order chi connectivity index (χ1) is 14.2. The third-order valence-corrected chi connectivity index (χ3v) is 8.13. The lowest BCUT2D eigenvalue weighted by Crippen LogP contribution is -2.53. The van der Waals surface area contributed by atoms with E-state index in [1.165, 1.54) is 37.3 Å². The van der Waals surface area contributed by atoms with E-state index < -0.39 is 0 Å². The molecule has 3 atom stereocenters. The Morgan fingerprint density at radius 1 is 1.21 bits per heavy atom. The van der Waals surface area contributed by atoms with Crippen LogP contribution in [0.25, 0.3) is 20.5 Å². The van der Waals surface area contributed by atoms with E-state index in [0.29, 0.717) is 12.3 Å². The summed E-state index contributed by atoms with van der Waals surface area (Å²) in [7, 11) is 0. The van der Waals surface area contributed by atoms with Gasteiger partial charge in [-0.05, 0) is 65.6 Å². The summed E-state index contributed by atoms with van der Waals surface area (Å²) in [6, 6.07) is 16.0. The van der Waals surface area contributed by atoms with Crippen molar-refractivity contribution < 1.29 is 9.84 Å². The number of rotatable bonds is 5. The topological polar surface area (TPSA) is 41.5 Å². The van der Waals surface area contributed by atoms with Crippen LogP contribution in [0.2, 0.25) is 0 Å². The number of aliphatic hydroxyl groups is 1. The minimum absolute atomic E-state index is 0.169. The monoisotopic (exact) mass is 407 g/mol. The zero-order valence-corrected chi connectivity index (χ0v) is 18.0. The predicted molar refractivity (Wildman–Crippen MR) is 122 cm³/mol. The molecule has 2 aliphatic rings. The summed E-state index contributed by atoms with van der Waals surface area (Å²) in [5.41, 5.74) is 5.20. The van der Waals surface area contributed by atoms with Crippen molar-refractivity contribution in [3.05, 3.63) is 53.6 Å². The molecule has 0 aliphatic carbocycles. The van der Waals surface area contributed by atoms with E-state index in [1.807, 2.05) is 11.3 Å². The van der Waals surface area contributed by atoms with Crippen molar-refractivity contribution in [1.82, 2.24) is 0 Å². The Labute approximate surface area is 176 Å². The van der Waals surface area contributed by atoms with E-state index in [2.05, 4.69) is 61.6 Å². The van der Waals surface area contributed by atoms with Crippen LogP contribution in [0.5, 0.6) is 0 Å². The second-order valence-electron chi connectivity index (χ2n) is 8.36. The highest BCUT2D eigenvalue weighted by molar-refractivity contribution is 7.22. The summed E-state index contributed by atoms with van der Waals surface area (Å²) in [4.78, 5) is 1.34. The van der Waals surface area contributed by atoms with Crippen molar-refractivity contribution in [2.45, 2.75) is 57.1 Å². The number of fused-ring (bicyclic) bond motifs is 4. The molecule has 2 aromatic carbocycles. The largest absolute Gasteiger partial charge is 0.396 e. The Balaban J connectivity index is 1.60. The molecule has 29 heavy (non-hydrogen) atoms. The second kappa shape index (κ2) is 7.42. The lowest BCUT2D eigenvalue weighted by molar-refractivity contribution is -0.105. The molecule has 0 saturated carbocycles. The molecule has 0 spiro atoms. The quantitative estimate of drug-likeness (QED) is 0.548. The maximum Gasteiger partial charge on any atom is 0.0907 e. The minimum Gasteiger partial charge on any atom is -0.396 e. The maximum atomic E-state index is 9.71. The molecule has 2 N–H and O–H groups in total. The Hall–Kier alpha value is -1.88. The molecule has 3 aromatic rings. The summed E-state index contributed by atoms with van der Waals surface area (Å²) >= 11 is 1.88. The standard InChI is InChI=1S/C25H29NO2S/c1-3-16-13-18(22-15-17-7-5-6-8-21(17)29-22)14-20-19-9-12-28-25(4-2,10-11-27)24(19)26-23(16)20/h5-8,13-15,19,24,26-27H,3-4,9-12H2,1-2H3. The number of aryl methyl sites for hydroxylation is 1. The van der Waals surface area contributed by atoms with Gasteiger partial charge in [0.25, 0.3) is 0 Å². The average Bonchev–Trinajstić information content (AvgIpc) is 3.35. The summed E-state index contributed by atoms with van der Waals surface area (Å²) < 4.78 is 7.65. The summed E-state index contributed by atoms with van der Waals surface area (Å²) in [5.74, 6) is 0.449. The molecule has 3 unspecified atom stereocenters. The van der Waals surface area contributed by atoms with Gasteiger partial charge < -0.3 is 15.2 Å². The molecule has 0 radical (unpaired) electrons. The van der Waals surface area contributed by atoms with Crippen LogP contribution in [0.15, 0.2) is 42.5 Å². The molecule has 1 saturated heterocycles. The molecule has 3 heterocycles. The molecule has 3 nitrogen and oxygen atoms in total. The van der Waals surface area contributed by atoms with Crippen molar-refractivity contribution >= 4 is 27.1 Å². The highest BCUT2D eigenvalue weighted by Crippen LogP contribution is 2.51. The Bertz CT molecular complexity index is 1010. The van der Waals surface area contributed by atoms with Gasteiger partial charge in [0.05, 0.1) is 11.6 Å². The van der Waals surface area contributed by atoms with Gasteiger partial charge in [0.15, 0.2) is 0 Å². The van der Waals surface area contributed by atoms with Crippen LogP contribution in [-0.4, -0.2) is 30.0 Å². The molecule has 4 heteroatoms. The van der Waals surface area contributed by atoms with Crippen molar-refractivity contribution in [3.63, 3.8) is 0 Å². The first-order valence-corrected chi connectivity index (χ1v) is 11.7. The van der Waals surface area contributed by atoms with Gasteiger partial charge >= 0.3 is 0 Å². The van der Waals surface area contributed by atoms with Crippen LogP contribution in [0, 0.1) is 0 Å². The lowest BCUT2D eigenvalue weighted by atomic mass is 9.76. The molecule has 1 fully saturated rings. The molecule has 152 valence electrons. The third kappa shape index (κ3) is 3.00. The fraction of sp³-hybridized carbons (Fsp3) is 0.440. The number of benzene rings is 2. The SMILES string of the molecule is CCc1cc(-c2cc3ccccc3s2)cc2c1NC1C2CCOC1(CC)CCO. The van der Waals surface area contributed by atoms with Crippen LogP contribution >= 0.6 is 11.3 Å². The normalized spacial score (nSPS) is 25.6. The highest BCUT2D eigenvalue weighted by Gasteiger charge is 2.50. The minimum atomic E-state index is -0.278. The van der Waals surface area contributed by atoms with Crippen LogP contribution < -0.4 is 5.32 Å². The van der Waals surface area contributed by atoms with Crippen LogP contribution in [0.4, 0.5) is 5.69 Å². The Morgan fingerprint density at radius 3 is 2.83 bits per heavy atom. The molecule has 2 aliphatic heterocycles. The van der Waals surface area contributed by atoms with Crippen molar-refractivity contribution in [1.29, 1.82) is 0 Å². The zero-order valence-electron chi connectivity index (χ0n) is 17.2. The van der Waals surface area contributed by atoms with Gasteiger partial charge in [-0.1, -0.05) is 32.0 Å². The number of hydrogen-bond donors (Lipinski definition) is 2. The number of thiophene rings is 1. The number of ether oxygens (including phenoxy) is 1. The predicted octanol–water partition coefficient (Wildman–Crippen LogP) is 5.96. The molecule has 0 amide bonds. The second-order valence-corrected chi connectivity index (χ2v) is 9.44. The van der Waals surface area contributed by atoms with E-state index >= 15 is 0 Å². The van der Waals surface area contributed by atoms with Gasteiger partial charge in [0.2, 0.25) is 0 Å². The fourth-order valence-corrected chi connectivity index (χ4v) is 6.44.